The Morgan fingerprint density at radius 3 is 2.19 bits per heavy atom. The van der Waals surface area contributed by atoms with Gasteiger partial charge in [-0.2, -0.15) is 0 Å². The zero-order valence-electron chi connectivity index (χ0n) is 11.2. The highest BCUT2D eigenvalue weighted by atomic mass is 16.2. The molecule has 1 rings (SSSR count). The molecule has 0 saturated heterocycles. The summed E-state index contributed by atoms with van der Waals surface area (Å²) in [5.41, 5.74) is 3.53. The Hall–Kier alpha value is -1.15. The maximum Gasteiger partial charge on any atom is 0.315 e. The smallest absolute Gasteiger partial charge is 0.231 e. The van der Waals surface area contributed by atoms with E-state index in [1.54, 1.807) is 6.92 Å². The lowest BCUT2D eigenvalue weighted by atomic mass is 10.1. The van der Waals surface area contributed by atoms with E-state index < -0.39 is 0 Å². The van der Waals surface area contributed by atoms with E-state index in [0.29, 0.717) is 4.48 Å². The monoisotopic (exact) mass is 220 g/mol. The van der Waals surface area contributed by atoms with E-state index in [4.69, 9.17) is 0 Å². The van der Waals surface area contributed by atoms with E-state index >= 15 is 0 Å². The first kappa shape index (κ1) is 12.9. The van der Waals surface area contributed by atoms with Crippen molar-refractivity contribution in [3.05, 3.63) is 29.3 Å². The van der Waals surface area contributed by atoms with Crippen LogP contribution in [-0.4, -0.2) is 19.0 Å². The van der Waals surface area contributed by atoms with Crippen LogP contribution >= 0.6 is 0 Å². The molecule has 1 aromatic rings. The SMILES string of the molecule is CC(=O)[N+](C)(c1ccc(C)cc1C)C(C)C. The van der Waals surface area contributed by atoms with Gasteiger partial charge < -0.3 is 0 Å². The molecule has 0 aromatic heterocycles. The highest BCUT2D eigenvalue weighted by molar-refractivity contribution is 5.87. The minimum atomic E-state index is 0.182. The number of rotatable bonds is 2. The molecule has 1 amide bonds. The molecule has 0 N–H and O–H groups in total. The minimum Gasteiger partial charge on any atom is -0.231 e. The van der Waals surface area contributed by atoms with Crippen LogP contribution in [0.15, 0.2) is 18.2 Å². The van der Waals surface area contributed by atoms with Gasteiger partial charge in [0.05, 0.1) is 20.0 Å². The molecule has 0 aliphatic heterocycles. The first-order valence-corrected chi connectivity index (χ1v) is 5.75. The van der Waals surface area contributed by atoms with Gasteiger partial charge in [-0.05, 0) is 27.7 Å². The summed E-state index contributed by atoms with van der Waals surface area (Å²) in [6.07, 6.45) is 0. The standard InChI is InChI=1S/C14H22NO/c1-10(2)15(6,13(5)16)14-8-7-11(3)9-12(14)4/h7-10H,1-6H3/q+1. The third-order valence-corrected chi connectivity index (χ3v) is 3.54. The van der Waals surface area contributed by atoms with Crippen LogP contribution < -0.4 is 4.48 Å². The number of quaternary nitrogens is 1. The summed E-state index contributed by atoms with van der Waals surface area (Å²) in [6.45, 7) is 9.98. The van der Waals surface area contributed by atoms with Gasteiger partial charge >= 0.3 is 5.91 Å². The second kappa shape index (κ2) is 4.38. The summed E-state index contributed by atoms with van der Waals surface area (Å²) in [4.78, 5) is 11.9. The third-order valence-electron chi connectivity index (χ3n) is 3.54. The second-order valence-electron chi connectivity index (χ2n) is 4.98. The van der Waals surface area contributed by atoms with Gasteiger partial charge in [0.2, 0.25) is 0 Å². The quantitative estimate of drug-likeness (QED) is 0.699. The van der Waals surface area contributed by atoms with Gasteiger partial charge in [0, 0.05) is 11.6 Å². The average Bonchev–Trinajstić information content (AvgIpc) is 2.15. The number of aryl methyl sites for hydroxylation is 2. The molecule has 0 saturated carbocycles. The van der Waals surface area contributed by atoms with Gasteiger partial charge in [0.25, 0.3) is 0 Å². The average molecular weight is 220 g/mol. The summed E-state index contributed by atoms with van der Waals surface area (Å²) in [5.74, 6) is 0.182. The molecule has 0 fully saturated rings. The van der Waals surface area contributed by atoms with Gasteiger partial charge in [-0.3, -0.25) is 0 Å². The molecule has 88 valence electrons. The molecule has 1 unspecified atom stereocenters. The Bertz CT molecular complexity index is 409. The molecule has 0 radical (unpaired) electrons. The molecular weight excluding hydrogens is 198 g/mol. The van der Waals surface area contributed by atoms with Crippen molar-refractivity contribution < 1.29 is 4.79 Å². The molecule has 2 heteroatoms. The van der Waals surface area contributed by atoms with Gasteiger partial charge in [-0.15, -0.1) is 0 Å². The Morgan fingerprint density at radius 1 is 1.25 bits per heavy atom. The zero-order valence-corrected chi connectivity index (χ0v) is 11.2. The summed E-state index contributed by atoms with van der Waals surface area (Å²) in [5, 5.41) is 0. The van der Waals surface area contributed by atoms with Crippen LogP contribution in [0.5, 0.6) is 0 Å². The van der Waals surface area contributed by atoms with Crippen molar-refractivity contribution in [2.24, 2.45) is 0 Å². The molecule has 0 heterocycles. The van der Waals surface area contributed by atoms with Gasteiger partial charge in [0.15, 0.2) is 0 Å². The lowest BCUT2D eigenvalue weighted by molar-refractivity contribution is -0.128. The fourth-order valence-electron chi connectivity index (χ4n) is 2.14. The van der Waals surface area contributed by atoms with Crippen molar-refractivity contribution in [2.75, 3.05) is 7.05 Å². The Morgan fingerprint density at radius 2 is 1.81 bits per heavy atom. The van der Waals surface area contributed by atoms with Crippen LogP contribution in [-0.2, 0) is 4.79 Å². The molecule has 0 aliphatic rings. The van der Waals surface area contributed by atoms with E-state index in [2.05, 4.69) is 45.9 Å². The molecule has 0 spiro atoms. The number of nitrogens with zero attached hydrogens (tertiary/aromatic N) is 1. The van der Waals surface area contributed by atoms with E-state index in [0.717, 1.165) is 5.69 Å². The second-order valence-corrected chi connectivity index (χ2v) is 4.98. The predicted molar refractivity (Wildman–Crippen MR) is 69.5 cm³/mol. The zero-order chi connectivity index (χ0) is 12.5. The van der Waals surface area contributed by atoms with E-state index in [9.17, 15) is 4.79 Å². The van der Waals surface area contributed by atoms with E-state index in [1.807, 2.05) is 7.05 Å². The van der Waals surface area contributed by atoms with Gasteiger partial charge in [-0.25, -0.2) is 9.28 Å². The third kappa shape index (κ3) is 2.03. The van der Waals surface area contributed by atoms with E-state index in [-0.39, 0.29) is 11.9 Å². The van der Waals surface area contributed by atoms with E-state index in [1.165, 1.54) is 11.1 Å². The molecule has 16 heavy (non-hydrogen) atoms. The predicted octanol–water partition coefficient (Wildman–Crippen LogP) is 3.20. The van der Waals surface area contributed by atoms with Gasteiger partial charge in [0.1, 0.15) is 5.69 Å². The number of hydrogen-bond donors (Lipinski definition) is 0. The lowest BCUT2D eigenvalue weighted by Gasteiger charge is -2.35. The number of benzene rings is 1. The van der Waals surface area contributed by atoms with Crippen molar-refractivity contribution in [3.63, 3.8) is 0 Å². The molecule has 2 nitrogen and oxygen atoms in total. The number of amides is 1. The van der Waals surface area contributed by atoms with Crippen molar-refractivity contribution in [1.82, 2.24) is 4.48 Å². The van der Waals surface area contributed by atoms with Gasteiger partial charge in [-0.1, -0.05) is 17.7 Å². The number of carbonyl (C=O) groups excluding carboxylic acids is 1. The van der Waals surface area contributed by atoms with Crippen LogP contribution in [0.2, 0.25) is 0 Å². The first-order chi connectivity index (χ1) is 7.30. The minimum absolute atomic E-state index is 0.182. The molecule has 0 aliphatic carbocycles. The van der Waals surface area contributed by atoms with Crippen LogP contribution in [0.25, 0.3) is 0 Å². The fourth-order valence-corrected chi connectivity index (χ4v) is 2.14. The fraction of sp³-hybridized carbons (Fsp3) is 0.500. The largest absolute Gasteiger partial charge is 0.315 e. The van der Waals surface area contributed by atoms with Crippen molar-refractivity contribution in [1.29, 1.82) is 0 Å². The van der Waals surface area contributed by atoms with Crippen LogP contribution in [0.3, 0.4) is 0 Å². The number of hydrogen-bond acceptors (Lipinski definition) is 1. The normalized spacial score (nSPS) is 14.9. The molecule has 0 bridgehead atoms. The number of carbonyl (C=O) groups is 1. The topological polar surface area (TPSA) is 17.1 Å². The summed E-state index contributed by atoms with van der Waals surface area (Å²) in [7, 11) is 1.99. The van der Waals surface area contributed by atoms with Crippen molar-refractivity contribution >= 4 is 11.6 Å². The summed E-state index contributed by atoms with van der Waals surface area (Å²) < 4.78 is 0.367. The maximum atomic E-state index is 11.9. The first-order valence-electron chi connectivity index (χ1n) is 5.75. The van der Waals surface area contributed by atoms with Crippen LogP contribution in [0, 0.1) is 13.8 Å². The highest BCUT2D eigenvalue weighted by Gasteiger charge is 2.35. The van der Waals surface area contributed by atoms with Crippen molar-refractivity contribution in [2.45, 2.75) is 40.7 Å². The molecular formula is C14H22NO+. The highest BCUT2D eigenvalue weighted by Crippen LogP contribution is 2.29. The van der Waals surface area contributed by atoms with Crippen molar-refractivity contribution in [3.8, 4) is 0 Å². The Kier molecular flexibility index (Phi) is 3.54. The summed E-state index contributed by atoms with van der Waals surface area (Å²) in [6, 6.07) is 6.53. The summed E-state index contributed by atoms with van der Waals surface area (Å²) >= 11 is 0. The molecule has 1 aromatic carbocycles. The Balaban J connectivity index is 3.38. The van der Waals surface area contributed by atoms with Crippen LogP contribution in [0.4, 0.5) is 5.69 Å². The van der Waals surface area contributed by atoms with Crippen LogP contribution in [0.1, 0.15) is 31.9 Å². The Labute approximate surface area is 98.5 Å². The lowest BCUT2D eigenvalue weighted by Crippen LogP contribution is -2.54. The maximum absolute atomic E-state index is 11.9. The molecule has 1 atom stereocenters.